The number of nitrogens with zero attached hydrogens (tertiary/aromatic N) is 2. The Kier molecular flexibility index (Phi) is 3.05. The molecule has 0 aromatic heterocycles. The zero-order valence-corrected chi connectivity index (χ0v) is 9.18. The number of hydrogen-bond acceptors (Lipinski definition) is 4. The zero-order chi connectivity index (χ0) is 11.5. The number of hydrogen-bond donors (Lipinski definition) is 0. The van der Waals surface area contributed by atoms with E-state index in [1.807, 2.05) is 11.0 Å². The Morgan fingerprint density at radius 3 is 2.69 bits per heavy atom. The molecule has 0 bridgehead atoms. The zero-order valence-electron chi connectivity index (χ0n) is 9.18. The minimum Gasteiger partial charge on any atom is -0.378 e. The van der Waals surface area contributed by atoms with E-state index in [9.17, 15) is 10.1 Å². The fourth-order valence-corrected chi connectivity index (χ4v) is 1.94. The van der Waals surface area contributed by atoms with Gasteiger partial charge in [-0.05, 0) is 13.0 Å². The minimum atomic E-state index is -0.305. The summed E-state index contributed by atoms with van der Waals surface area (Å²) in [7, 11) is 0. The van der Waals surface area contributed by atoms with Crippen LogP contribution >= 0.6 is 0 Å². The van der Waals surface area contributed by atoms with Crippen molar-refractivity contribution in [1.82, 2.24) is 0 Å². The summed E-state index contributed by atoms with van der Waals surface area (Å²) in [5, 5.41) is 11.0. The van der Waals surface area contributed by atoms with Crippen molar-refractivity contribution >= 4 is 11.4 Å². The highest BCUT2D eigenvalue weighted by atomic mass is 16.6. The van der Waals surface area contributed by atoms with E-state index in [1.54, 1.807) is 19.1 Å². The van der Waals surface area contributed by atoms with Gasteiger partial charge in [0.2, 0.25) is 0 Å². The van der Waals surface area contributed by atoms with E-state index in [2.05, 4.69) is 0 Å². The molecule has 2 rings (SSSR count). The molecule has 1 saturated heterocycles. The molecule has 1 fully saturated rings. The summed E-state index contributed by atoms with van der Waals surface area (Å²) in [4.78, 5) is 12.7. The minimum absolute atomic E-state index is 0.212. The number of morpholine rings is 1. The highest BCUT2D eigenvalue weighted by Gasteiger charge is 2.22. The lowest BCUT2D eigenvalue weighted by atomic mass is 10.1. The maximum Gasteiger partial charge on any atom is 0.295 e. The Labute approximate surface area is 93.8 Å². The molecule has 1 aromatic carbocycles. The Bertz CT molecular complexity index is 400. The lowest BCUT2D eigenvalue weighted by Crippen LogP contribution is -2.36. The molecule has 0 N–H and O–H groups in total. The van der Waals surface area contributed by atoms with Gasteiger partial charge >= 0.3 is 0 Å². The van der Waals surface area contributed by atoms with Crippen molar-refractivity contribution in [2.75, 3.05) is 31.2 Å². The molecular weight excluding hydrogens is 208 g/mol. The van der Waals surface area contributed by atoms with Gasteiger partial charge in [-0.2, -0.15) is 0 Å². The molecule has 0 saturated carbocycles. The van der Waals surface area contributed by atoms with Crippen LogP contribution in [0.2, 0.25) is 0 Å². The highest BCUT2D eigenvalue weighted by Crippen LogP contribution is 2.31. The van der Waals surface area contributed by atoms with Gasteiger partial charge in [0.1, 0.15) is 5.69 Å². The normalized spacial score (nSPS) is 16.2. The van der Waals surface area contributed by atoms with Crippen LogP contribution in [0.3, 0.4) is 0 Å². The molecule has 1 heterocycles. The average molecular weight is 222 g/mol. The second-order valence-electron chi connectivity index (χ2n) is 3.80. The maximum atomic E-state index is 11.0. The summed E-state index contributed by atoms with van der Waals surface area (Å²) in [6.45, 7) is 4.45. The molecule has 1 aliphatic rings. The molecule has 86 valence electrons. The van der Waals surface area contributed by atoms with E-state index >= 15 is 0 Å². The maximum absolute atomic E-state index is 11.0. The fourth-order valence-electron chi connectivity index (χ4n) is 1.94. The summed E-state index contributed by atoms with van der Waals surface area (Å²) in [5.41, 5.74) is 1.62. The largest absolute Gasteiger partial charge is 0.378 e. The van der Waals surface area contributed by atoms with Crippen LogP contribution in [-0.4, -0.2) is 31.2 Å². The molecule has 0 amide bonds. The number of anilines is 1. The highest BCUT2D eigenvalue weighted by molar-refractivity contribution is 5.66. The van der Waals surface area contributed by atoms with E-state index in [0.29, 0.717) is 37.6 Å². The second kappa shape index (κ2) is 4.49. The lowest BCUT2D eigenvalue weighted by molar-refractivity contribution is -0.384. The smallest absolute Gasteiger partial charge is 0.295 e. The first-order chi connectivity index (χ1) is 7.70. The van der Waals surface area contributed by atoms with Crippen molar-refractivity contribution in [1.29, 1.82) is 0 Å². The van der Waals surface area contributed by atoms with Crippen LogP contribution in [0.15, 0.2) is 18.2 Å². The molecule has 0 radical (unpaired) electrons. The van der Waals surface area contributed by atoms with E-state index in [-0.39, 0.29) is 10.6 Å². The predicted octanol–water partition coefficient (Wildman–Crippen LogP) is 1.74. The van der Waals surface area contributed by atoms with Gasteiger partial charge in [-0.1, -0.05) is 12.1 Å². The molecular formula is C11H14N2O3. The van der Waals surface area contributed by atoms with Gasteiger partial charge < -0.3 is 9.64 Å². The topological polar surface area (TPSA) is 55.6 Å². The van der Waals surface area contributed by atoms with Crippen LogP contribution in [0.4, 0.5) is 11.4 Å². The van der Waals surface area contributed by atoms with Gasteiger partial charge in [0.25, 0.3) is 5.69 Å². The summed E-state index contributed by atoms with van der Waals surface area (Å²) in [5.74, 6) is 0. The number of aryl methyl sites for hydroxylation is 1. The van der Waals surface area contributed by atoms with E-state index in [1.165, 1.54) is 0 Å². The predicted molar refractivity (Wildman–Crippen MR) is 60.9 cm³/mol. The summed E-state index contributed by atoms with van der Waals surface area (Å²) in [6, 6.07) is 5.42. The molecule has 0 aliphatic carbocycles. The van der Waals surface area contributed by atoms with Gasteiger partial charge in [0.05, 0.1) is 18.1 Å². The van der Waals surface area contributed by atoms with Crippen LogP contribution in [0.5, 0.6) is 0 Å². The van der Waals surface area contributed by atoms with E-state index in [4.69, 9.17) is 4.74 Å². The Morgan fingerprint density at radius 1 is 1.38 bits per heavy atom. The van der Waals surface area contributed by atoms with Gasteiger partial charge in [-0.15, -0.1) is 0 Å². The van der Waals surface area contributed by atoms with Gasteiger partial charge in [-0.25, -0.2) is 0 Å². The third-order valence-corrected chi connectivity index (χ3v) is 2.75. The monoisotopic (exact) mass is 222 g/mol. The third kappa shape index (κ3) is 1.99. The van der Waals surface area contributed by atoms with Crippen molar-refractivity contribution in [3.8, 4) is 0 Å². The van der Waals surface area contributed by atoms with E-state index in [0.717, 1.165) is 0 Å². The summed E-state index contributed by atoms with van der Waals surface area (Å²) >= 11 is 0. The number of nitro groups is 1. The molecule has 0 atom stereocenters. The molecule has 5 nitrogen and oxygen atoms in total. The van der Waals surface area contributed by atoms with Crippen molar-refractivity contribution in [2.24, 2.45) is 0 Å². The number of rotatable bonds is 2. The van der Waals surface area contributed by atoms with Crippen LogP contribution < -0.4 is 4.90 Å². The van der Waals surface area contributed by atoms with Crippen molar-refractivity contribution in [2.45, 2.75) is 6.92 Å². The molecule has 16 heavy (non-hydrogen) atoms. The van der Waals surface area contributed by atoms with Gasteiger partial charge in [-0.3, -0.25) is 10.1 Å². The fraction of sp³-hybridized carbons (Fsp3) is 0.455. The average Bonchev–Trinajstić information content (AvgIpc) is 2.29. The number of benzene rings is 1. The van der Waals surface area contributed by atoms with Crippen LogP contribution in [-0.2, 0) is 4.74 Å². The number of ether oxygens (including phenoxy) is 1. The molecule has 0 unspecified atom stereocenters. The van der Waals surface area contributed by atoms with Crippen LogP contribution in [0.1, 0.15) is 5.56 Å². The lowest BCUT2D eigenvalue weighted by Gasteiger charge is -2.28. The quantitative estimate of drug-likeness (QED) is 0.565. The van der Waals surface area contributed by atoms with E-state index < -0.39 is 0 Å². The van der Waals surface area contributed by atoms with Crippen molar-refractivity contribution < 1.29 is 9.66 Å². The standard InChI is InChI=1S/C11H14N2O3/c1-9-3-2-4-10(11(9)13(14)15)12-5-7-16-8-6-12/h2-4H,5-8H2,1H3. The first-order valence-electron chi connectivity index (χ1n) is 5.27. The Morgan fingerprint density at radius 2 is 2.06 bits per heavy atom. The van der Waals surface area contributed by atoms with Crippen molar-refractivity contribution in [3.63, 3.8) is 0 Å². The summed E-state index contributed by atoms with van der Waals surface area (Å²) < 4.78 is 5.24. The molecule has 1 aromatic rings. The Hall–Kier alpha value is -1.62. The third-order valence-electron chi connectivity index (χ3n) is 2.75. The van der Waals surface area contributed by atoms with Crippen molar-refractivity contribution in [3.05, 3.63) is 33.9 Å². The van der Waals surface area contributed by atoms with Crippen LogP contribution in [0, 0.1) is 17.0 Å². The Balaban J connectivity index is 2.38. The number of nitro benzene ring substituents is 1. The SMILES string of the molecule is Cc1cccc(N2CCOCC2)c1[N+](=O)[O-]. The molecule has 1 aliphatic heterocycles. The summed E-state index contributed by atoms with van der Waals surface area (Å²) in [6.07, 6.45) is 0. The second-order valence-corrected chi connectivity index (χ2v) is 3.80. The molecule has 5 heteroatoms. The first kappa shape index (κ1) is 10.9. The van der Waals surface area contributed by atoms with Gasteiger partial charge in [0, 0.05) is 18.7 Å². The number of para-hydroxylation sites is 1. The van der Waals surface area contributed by atoms with Gasteiger partial charge in [0.15, 0.2) is 0 Å². The van der Waals surface area contributed by atoms with Crippen LogP contribution in [0.25, 0.3) is 0 Å². The molecule has 0 spiro atoms. The first-order valence-corrected chi connectivity index (χ1v) is 5.27.